The highest BCUT2D eigenvalue weighted by atomic mass is 16.6. The van der Waals surface area contributed by atoms with E-state index in [9.17, 15) is 24.0 Å². The quantitative estimate of drug-likeness (QED) is 0.107. The first-order chi connectivity index (χ1) is 24.9. The molecule has 292 valence electrons. The van der Waals surface area contributed by atoms with Crippen molar-refractivity contribution in [1.29, 1.82) is 0 Å². The zero-order chi connectivity index (χ0) is 39.2. The van der Waals surface area contributed by atoms with E-state index in [1.807, 2.05) is 40.7 Å². The smallest absolute Gasteiger partial charge is 0.333 e. The molecule has 3 fully saturated rings. The number of furan rings is 1. The number of methoxy groups -OCH3 is 1. The van der Waals surface area contributed by atoms with E-state index in [-0.39, 0.29) is 25.4 Å². The third-order valence-corrected chi connectivity index (χ3v) is 13.2. The van der Waals surface area contributed by atoms with Gasteiger partial charge in [-0.25, -0.2) is 4.79 Å². The Balaban J connectivity index is 1.86. The standard InChI is InChI=1S/C41H56O12/c1-12-21(3)37(45)52-31-18-30(51-25(7)43)39(8)20-49-34-35(39)40(31,9)29(17-32(44)47-11)41(10,36(34)53-38(46)22(4)13-2)33-23(5)27(26-14-15-48-19-26)16-28(33)50-24(6)42/h13-15,19,21,27-31,34-36H,12,16-18,20H2,1-11H3/b22-13+/t21-,27-,28+,29-,30-,31+,34-,35+,36-,39-,40+,41-/m1/s1. The molecule has 4 aliphatic rings. The van der Waals surface area contributed by atoms with E-state index in [0.717, 1.165) is 11.1 Å². The molecule has 53 heavy (non-hydrogen) atoms. The third-order valence-electron chi connectivity index (χ3n) is 13.2. The molecule has 2 saturated carbocycles. The van der Waals surface area contributed by atoms with Crippen molar-refractivity contribution in [2.75, 3.05) is 13.7 Å². The van der Waals surface area contributed by atoms with Crippen LogP contribution in [-0.4, -0.2) is 74.1 Å². The van der Waals surface area contributed by atoms with Crippen molar-refractivity contribution in [1.82, 2.24) is 0 Å². The Hall–Kier alpha value is -3.93. The number of hydrogen-bond donors (Lipinski definition) is 0. The largest absolute Gasteiger partial charge is 0.472 e. The van der Waals surface area contributed by atoms with Crippen LogP contribution in [0.25, 0.3) is 0 Å². The molecule has 2 heterocycles. The van der Waals surface area contributed by atoms with Crippen LogP contribution in [-0.2, 0) is 52.4 Å². The minimum atomic E-state index is -1.27. The summed E-state index contributed by atoms with van der Waals surface area (Å²) in [4.78, 5) is 66.9. The average molecular weight is 741 g/mol. The number of esters is 5. The highest BCUT2D eigenvalue weighted by Crippen LogP contribution is 2.72. The number of ether oxygens (including phenoxy) is 6. The molecule has 5 rings (SSSR count). The summed E-state index contributed by atoms with van der Waals surface area (Å²) in [6.45, 7) is 17.9. The number of carbonyl (C=O) groups is 5. The molecule has 0 aromatic carbocycles. The van der Waals surface area contributed by atoms with Crippen molar-refractivity contribution >= 4 is 29.8 Å². The predicted octanol–water partition coefficient (Wildman–Crippen LogP) is 6.41. The Labute approximate surface area is 312 Å². The summed E-state index contributed by atoms with van der Waals surface area (Å²) in [5.74, 6) is -4.43. The van der Waals surface area contributed by atoms with Crippen molar-refractivity contribution in [2.45, 2.75) is 131 Å². The fraction of sp³-hybridized carbons (Fsp3) is 0.683. The highest BCUT2D eigenvalue weighted by Gasteiger charge is 2.77. The predicted molar refractivity (Wildman–Crippen MR) is 191 cm³/mol. The molecule has 0 radical (unpaired) electrons. The Morgan fingerprint density at radius 2 is 1.66 bits per heavy atom. The van der Waals surface area contributed by atoms with Gasteiger partial charge in [-0.3, -0.25) is 19.2 Å². The second kappa shape index (κ2) is 15.1. The fourth-order valence-electron chi connectivity index (χ4n) is 10.4. The molecular formula is C41H56O12. The lowest BCUT2D eigenvalue weighted by Crippen LogP contribution is -2.72. The Morgan fingerprint density at radius 3 is 2.23 bits per heavy atom. The molecule has 0 unspecified atom stereocenters. The summed E-state index contributed by atoms with van der Waals surface area (Å²) in [5, 5.41) is 0. The van der Waals surface area contributed by atoms with Gasteiger partial charge in [0.2, 0.25) is 0 Å². The Morgan fingerprint density at radius 1 is 0.981 bits per heavy atom. The van der Waals surface area contributed by atoms with Gasteiger partial charge < -0.3 is 32.8 Å². The SMILES string of the molecule is C/C=C(\C)C(=O)O[C@@H]1[C@@H]2OC[C@]3(C)[C@H](OC(C)=O)C[C@H](OC(=O)[C@H](C)CC)[C@@](C)([C@@H]23)[C@@H](CC(=O)OC)[C@]1(C)C1=C(C)[C@H](c2ccoc2)C[C@@H]1OC(C)=O. The monoisotopic (exact) mass is 740 g/mol. The van der Waals surface area contributed by atoms with Gasteiger partial charge in [-0.15, -0.1) is 0 Å². The van der Waals surface area contributed by atoms with Crippen molar-refractivity contribution < 1.29 is 56.8 Å². The molecule has 12 heteroatoms. The summed E-state index contributed by atoms with van der Waals surface area (Å²) < 4.78 is 42.9. The van der Waals surface area contributed by atoms with Gasteiger partial charge in [0.25, 0.3) is 0 Å². The van der Waals surface area contributed by atoms with Crippen LogP contribution >= 0.6 is 0 Å². The molecular weight excluding hydrogens is 684 g/mol. The van der Waals surface area contributed by atoms with Crippen LogP contribution in [0.1, 0.15) is 106 Å². The summed E-state index contributed by atoms with van der Waals surface area (Å²) in [6, 6.07) is 1.87. The summed E-state index contributed by atoms with van der Waals surface area (Å²) in [5.41, 5.74) is -0.326. The lowest BCUT2D eigenvalue weighted by molar-refractivity contribution is -0.261. The van der Waals surface area contributed by atoms with Gasteiger partial charge in [0, 0.05) is 60.3 Å². The summed E-state index contributed by atoms with van der Waals surface area (Å²) in [7, 11) is 1.32. The number of rotatable bonds is 11. The normalized spacial score (nSPS) is 37.0. The second-order valence-electron chi connectivity index (χ2n) is 16.1. The van der Waals surface area contributed by atoms with E-state index in [2.05, 4.69) is 0 Å². The zero-order valence-electron chi connectivity index (χ0n) is 32.9. The molecule has 1 aromatic heterocycles. The minimum Gasteiger partial charge on any atom is -0.472 e. The number of allylic oxidation sites excluding steroid dienone is 2. The van der Waals surface area contributed by atoms with E-state index in [1.54, 1.807) is 39.4 Å². The van der Waals surface area contributed by atoms with E-state index in [4.69, 9.17) is 32.8 Å². The highest BCUT2D eigenvalue weighted by molar-refractivity contribution is 5.88. The van der Waals surface area contributed by atoms with Crippen LogP contribution in [0.3, 0.4) is 0 Å². The van der Waals surface area contributed by atoms with E-state index in [0.29, 0.717) is 24.0 Å². The van der Waals surface area contributed by atoms with Gasteiger partial charge in [-0.1, -0.05) is 46.3 Å². The van der Waals surface area contributed by atoms with Crippen LogP contribution < -0.4 is 0 Å². The van der Waals surface area contributed by atoms with E-state index in [1.165, 1.54) is 21.0 Å². The number of hydrogen-bond acceptors (Lipinski definition) is 12. The van der Waals surface area contributed by atoms with E-state index >= 15 is 0 Å². The number of carbonyl (C=O) groups excluding carboxylic acids is 5. The van der Waals surface area contributed by atoms with Gasteiger partial charge in [-0.2, -0.15) is 0 Å². The lowest BCUT2D eigenvalue weighted by atomic mass is 9.39. The van der Waals surface area contributed by atoms with Gasteiger partial charge in [0.05, 0.1) is 38.3 Å². The van der Waals surface area contributed by atoms with Crippen LogP contribution in [0.4, 0.5) is 0 Å². The molecule has 1 saturated heterocycles. The molecule has 0 bridgehead atoms. The van der Waals surface area contributed by atoms with Gasteiger partial charge in [0.15, 0.2) is 0 Å². The molecule has 1 aliphatic heterocycles. The summed E-state index contributed by atoms with van der Waals surface area (Å²) in [6.07, 6.45) is 1.63. The maximum atomic E-state index is 14.0. The molecule has 1 aromatic rings. The van der Waals surface area contributed by atoms with Gasteiger partial charge in [0.1, 0.15) is 24.4 Å². The van der Waals surface area contributed by atoms with Crippen LogP contribution in [0, 0.1) is 34.0 Å². The molecule has 12 atom stereocenters. The van der Waals surface area contributed by atoms with Crippen molar-refractivity contribution in [3.8, 4) is 0 Å². The maximum Gasteiger partial charge on any atom is 0.333 e. The average Bonchev–Trinajstić information content (AvgIpc) is 3.84. The maximum absolute atomic E-state index is 14.0. The first-order valence-electron chi connectivity index (χ1n) is 18.7. The summed E-state index contributed by atoms with van der Waals surface area (Å²) >= 11 is 0. The van der Waals surface area contributed by atoms with Crippen molar-refractivity contribution in [3.63, 3.8) is 0 Å². The second-order valence-corrected chi connectivity index (χ2v) is 16.1. The molecule has 12 nitrogen and oxygen atoms in total. The topological polar surface area (TPSA) is 154 Å². The van der Waals surface area contributed by atoms with Crippen molar-refractivity contribution in [3.05, 3.63) is 47.0 Å². The van der Waals surface area contributed by atoms with E-state index < -0.39 is 94.4 Å². The van der Waals surface area contributed by atoms with Gasteiger partial charge >= 0.3 is 29.8 Å². The fourth-order valence-corrected chi connectivity index (χ4v) is 10.4. The molecule has 0 N–H and O–H groups in total. The lowest BCUT2D eigenvalue weighted by Gasteiger charge is -2.66. The van der Waals surface area contributed by atoms with Crippen LogP contribution in [0.5, 0.6) is 0 Å². The molecule has 0 amide bonds. The minimum absolute atomic E-state index is 0.141. The Bertz CT molecular complexity index is 1660. The van der Waals surface area contributed by atoms with Crippen molar-refractivity contribution in [2.24, 2.45) is 34.0 Å². The Kier molecular flexibility index (Phi) is 11.4. The van der Waals surface area contributed by atoms with Crippen LogP contribution in [0.2, 0.25) is 0 Å². The first-order valence-corrected chi connectivity index (χ1v) is 18.7. The van der Waals surface area contributed by atoms with Gasteiger partial charge in [-0.05, 0) is 56.7 Å². The first kappa shape index (κ1) is 40.3. The third kappa shape index (κ3) is 6.74. The van der Waals surface area contributed by atoms with Crippen LogP contribution in [0.15, 0.2) is 45.8 Å². The molecule has 3 aliphatic carbocycles. The molecule has 0 spiro atoms. The zero-order valence-corrected chi connectivity index (χ0v) is 32.9.